The van der Waals surface area contributed by atoms with Crippen LogP contribution in [-0.4, -0.2) is 19.0 Å². The number of nitrogens with two attached hydrogens (primary N) is 2. The average Bonchev–Trinajstić information content (AvgIpc) is 2.57. The standard InChI is InChI=1S/C13H19N3O/c14-11-9-10(13(15)17)5-6-12(11)16-7-3-1-2-4-8-16/h5-6,9H,1-4,7-8,14H2,(H2,15,17). The van der Waals surface area contributed by atoms with Crippen LogP contribution in [-0.2, 0) is 0 Å². The summed E-state index contributed by atoms with van der Waals surface area (Å²) in [7, 11) is 0. The molecule has 0 radical (unpaired) electrons. The fourth-order valence-electron chi connectivity index (χ4n) is 2.31. The third-order valence-electron chi connectivity index (χ3n) is 3.26. The molecule has 1 amide bonds. The number of hydrogen-bond acceptors (Lipinski definition) is 3. The second-order valence-electron chi connectivity index (χ2n) is 4.54. The van der Waals surface area contributed by atoms with Crippen LogP contribution in [0.4, 0.5) is 11.4 Å². The average molecular weight is 233 g/mol. The van der Waals surface area contributed by atoms with E-state index in [0.717, 1.165) is 18.8 Å². The maximum Gasteiger partial charge on any atom is 0.248 e. The lowest BCUT2D eigenvalue weighted by molar-refractivity contribution is 0.100. The molecule has 1 aliphatic heterocycles. The molecule has 1 heterocycles. The van der Waals surface area contributed by atoms with Crippen molar-refractivity contribution >= 4 is 17.3 Å². The van der Waals surface area contributed by atoms with Crippen molar-refractivity contribution < 1.29 is 4.79 Å². The van der Waals surface area contributed by atoms with E-state index in [1.807, 2.05) is 6.07 Å². The van der Waals surface area contributed by atoms with Gasteiger partial charge in [0.05, 0.1) is 11.4 Å². The topological polar surface area (TPSA) is 72.4 Å². The molecular weight excluding hydrogens is 214 g/mol. The summed E-state index contributed by atoms with van der Waals surface area (Å²) < 4.78 is 0. The van der Waals surface area contributed by atoms with Crippen LogP contribution in [0.1, 0.15) is 36.0 Å². The zero-order valence-corrected chi connectivity index (χ0v) is 9.98. The predicted molar refractivity (Wildman–Crippen MR) is 70.1 cm³/mol. The molecule has 2 rings (SSSR count). The summed E-state index contributed by atoms with van der Waals surface area (Å²) >= 11 is 0. The van der Waals surface area contributed by atoms with Gasteiger partial charge in [-0.05, 0) is 31.0 Å². The van der Waals surface area contributed by atoms with E-state index in [1.165, 1.54) is 25.7 Å². The summed E-state index contributed by atoms with van der Waals surface area (Å²) in [6, 6.07) is 5.32. The van der Waals surface area contributed by atoms with Gasteiger partial charge in [-0.1, -0.05) is 12.8 Å². The molecule has 0 bridgehead atoms. The number of nitrogens with zero attached hydrogens (tertiary/aromatic N) is 1. The van der Waals surface area contributed by atoms with Crippen LogP contribution in [0.2, 0.25) is 0 Å². The molecular formula is C13H19N3O. The highest BCUT2D eigenvalue weighted by Crippen LogP contribution is 2.26. The summed E-state index contributed by atoms with van der Waals surface area (Å²) in [6.07, 6.45) is 4.99. The lowest BCUT2D eigenvalue weighted by Gasteiger charge is -2.24. The number of benzene rings is 1. The van der Waals surface area contributed by atoms with Gasteiger partial charge in [0.25, 0.3) is 0 Å². The number of nitrogen functional groups attached to an aromatic ring is 1. The van der Waals surface area contributed by atoms with Gasteiger partial charge < -0.3 is 16.4 Å². The van der Waals surface area contributed by atoms with E-state index in [0.29, 0.717) is 11.3 Å². The number of hydrogen-bond donors (Lipinski definition) is 2. The highest BCUT2D eigenvalue weighted by molar-refractivity contribution is 5.94. The Balaban J connectivity index is 2.22. The minimum Gasteiger partial charge on any atom is -0.397 e. The minimum absolute atomic E-state index is 0.431. The first-order valence-corrected chi connectivity index (χ1v) is 6.13. The monoisotopic (exact) mass is 233 g/mol. The van der Waals surface area contributed by atoms with Crippen LogP contribution in [0, 0.1) is 0 Å². The molecule has 1 aliphatic rings. The van der Waals surface area contributed by atoms with Gasteiger partial charge in [0.1, 0.15) is 0 Å². The quantitative estimate of drug-likeness (QED) is 0.764. The summed E-state index contributed by atoms with van der Waals surface area (Å²) in [5.74, 6) is -0.431. The van der Waals surface area contributed by atoms with Crippen LogP contribution < -0.4 is 16.4 Å². The van der Waals surface area contributed by atoms with Crippen molar-refractivity contribution in [3.8, 4) is 0 Å². The molecule has 0 saturated carbocycles. The van der Waals surface area contributed by atoms with E-state index in [2.05, 4.69) is 4.90 Å². The highest BCUT2D eigenvalue weighted by atomic mass is 16.1. The van der Waals surface area contributed by atoms with Gasteiger partial charge in [0.15, 0.2) is 0 Å². The highest BCUT2D eigenvalue weighted by Gasteiger charge is 2.13. The van der Waals surface area contributed by atoms with E-state index in [1.54, 1.807) is 12.1 Å². The molecule has 0 aliphatic carbocycles. The van der Waals surface area contributed by atoms with Crippen molar-refractivity contribution in [3.63, 3.8) is 0 Å². The van der Waals surface area contributed by atoms with E-state index < -0.39 is 5.91 Å². The normalized spacial score (nSPS) is 16.6. The first-order valence-electron chi connectivity index (χ1n) is 6.13. The van der Waals surface area contributed by atoms with Crippen molar-refractivity contribution in [2.75, 3.05) is 23.7 Å². The van der Waals surface area contributed by atoms with Gasteiger partial charge in [-0.2, -0.15) is 0 Å². The predicted octanol–water partition coefficient (Wildman–Crippen LogP) is 1.75. The number of amides is 1. The molecule has 0 aromatic heterocycles. The second kappa shape index (κ2) is 5.08. The smallest absolute Gasteiger partial charge is 0.248 e. The minimum atomic E-state index is -0.431. The SMILES string of the molecule is NC(=O)c1ccc(N2CCCCCC2)c(N)c1. The molecule has 4 heteroatoms. The molecule has 1 saturated heterocycles. The van der Waals surface area contributed by atoms with Crippen LogP contribution in [0.5, 0.6) is 0 Å². The van der Waals surface area contributed by atoms with Crippen molar-refractivity contribution in [2.45, 2.75) is 25.7 Å². The Kier molecular flexibility index (Phi) is 3.52. The van der Waals surface area contributed by atoms with Gasteiger partial charge in [-0.25, -0.2) is 0 Å². The van der Waals surface area contributed by atoms with E-state index >= 15 is 0 Å². The maximum absolute atomic E-state index is 11.0. The Morgan fingerprint density at radius 3 is 2.29 bits per heavy atom. The molecule has 1 aromatic rings. The Bertz CT molecular complexity index is 409. The number of anilines is 2. The molecule has 0 atom stereocenters. The Hall–Kier alpha value is -1.71. The van der Waals surface area contributed by atoms with E-state index in [4.69, 9.17) is 11.5 Å². The molecule has 92 valence electrons. The molecule has 1 aromatic carbocycles. The number of carbonyl (C=O) groups is 1. The van der Waals surface area contributed by atoms with Crippen molar-refractivity contribution in [3.05, 3.63) is 23.8 Å². The van der Waals surface area contributed by atoms with Crippen LogP contribution in [0.3, 0.4) is 0 Å². The third-order valence-corrected chi connectivity index (χ3v) is 3.26. The second-order valence-corrected chi connectivity index (χ2v) is 4.54. The molecule has 0 spiro atoms. The first-order chi connectivity index (χ1) is 8.18. The van der Waals surface area contributed by atoms with Crippen LogP contribution >= 0.6 is 0 Å². The van der Waals surface area contributed by atoms with Crippen molar-refractivity contribution in [2.24, 2.45) is 5.73 Å². The fraction of sp³-hybridized carbons (Fsp3) is 0.462. The summed E-state index contributed by atoms with van der Waals surface area (Å²) in [5, 5.41) is 0. The Morgan fingerprint density at radius 2 is 1.76 bits per heavy atom. The summed E-state index contributed by atoms with van der Waals surface area (Å²) in [5.41, 5.74) is 13.4. The Labute approximate surface area is 102 Å². The summed E-state index contributed by atoms with van der Waals surface area (Å²) in [4.78, 5) is 13.3. The third kappa shape index (κ3) is 2.70. The van der Waals surface area contributed by atoms with Gasteiger partial charge in [0.2, 0.25) is 5.91 Å². The first kappa shape index (κ1) is 11.8. The lowest BCUT2D eigenvalue weighted by Crippen LogP contribution is -2.25. The van der Waals surface area contributed by atoms with E-state index in [-0.39, 0.29) is 0 Å². The Morgan fingerprint density at radius 1 is 1.12 bits per heavy atom. The number of carbonyl (C=O) groups excluding carboxylic acids is 1. The molecule has 17 heavy (non-hydrogen) atoms. The molecule has 1 fully saturated rings. The van der Waals surface area contributed by atoms with Gasteiger partial charge in [-0.15, -0.1) is 0 Å². The maximum atomic E-state index is 11.0. The van der Waals surface area contributed by atoms with Gasteiger partial charge in [0, 0.05) is 18.7 Å². The van der Waals surface area contributed by atoms with Gasteiger partial charge >= 0.3 is 0 Å². The number of primary amides is 1. The molecule has 0 unspecified atom stereocenters. The summed E-state index contributed by atoms with van der Waals surface area (Å²) in [6.45, 7) is 2.08. The molecule has 4 N–H and O–H groups in total. The number of rotatable bonds is 2. The van der Waals surface area contributed by atoms with Gasteiger partial charge in [-0.3, -0.25) is 4.79 Å². The van der Waals surface area contributed by atoms with Crippen molar-refractivity contribution in [1.82, 2.24) is 0 Å². The zero-order valence-electron chi connectivity index (χ0n) is 9.98. The van der Waals surface area contributed by atoms with Crippen LogP contribution in [0.25, 0.3) is 0 Å². The fourth-order valence-corrected chi connectivity index (χ4v) is 2.31. The zero-order chi connectivity index (χ0) is 12.3. The molecule has 4 nitrogen and oxygen atoms in total. The van der Waals surface area contributed by atoms with Crippen molar-refractivity contribution in [1.29, 1.82) is 0 Å². The largest absolute Gasteiger partial charge is 0.397 e. The lowest BCUT2D eigenvalue weighted by atomic mass is 10.1. The van der Waals surface area contributed by atoms with E-state index in [9.17, 15) is 4.79 Å². The van der Waals surface area contributed by atoms with Crippen LogP contribution in [0.15, 0.2) is 18.2 Å².